The molecule has 0 radical (unpaired) electrons. The summed E-state index contributed by atoms with van der Waals surface area (Å²) in [6.07, 6.45) is 0.863. The topological polar surface area (TPSA) is 73.9 Å². The molecule has 0 bridgehead atoms. The zero-order chi connectivity index (χ0) is 19.5. The van der Waals surface area contributed by atoms with Crippen LogP contribution in [0.15, 0.2) is 48.5 Å². The first-order chi connectivity index (χ1) is 13.1. The van der Waals surface area contributed by atoms with Crippen molar-refractivity contribution in [2.45, 2.75) is 19.9 Å². The van der Waals surface area contributed by atoms with Gasteiger partial charge in [-0.1, -0.05) is 42.8 Å². The smallest absolute Gasteiger partial charge is 0.344 e. The summed E-state index contributed by atoms with van der Waals surface area (Å²) in [7, 11) is 0. The lowest BCUT2D eigenvalue weighted by Gasteiger charge is -2.12. The van der Waals surface area contributed by atoms with E-state index in [9.17, 15) is 9.59 Å². The van der Waals surface area contributed by atoms with Gasteiger partial charge in [-0.25, -0.2) is 4.79 Å². The molecule has 2 aromatic rings. The van der Waals surface area contributed by atoms with E-state index in [1.54, 1.807) is 42.5 Å². The van der Waals surface area contributed by atoms with Crippen molar-refractivity contribution in [3.63, 3.8) is 0 Å². The monoisotopic (exact) mass is 391 g/mol. The number of amides is 1. The molecule has 1 N–H and O–H groups in total. The Morgan fingerprint density at radius 3 is 2.30 bits per heavy atom. The lowest BCUT2D eigenvalue weighted by molar-refractivity contribution is -0.150. The van der Waals surface area contributed by atoms with Crippen LogP contribution in [-0.4, -0.2) is 31.7 Å². The SMILES string of the molecule is CCCOc1ccccc1OCC(=O)OCC(=O)NCc1ccc(Cl)cc1. The summed E-state index contributed by atoms with van der Waals surface area (Å²) >= 11 is 5.80. The molecule has 0 spiro atoms. The summed E-state index contributed by atoms with van der Waals surface area (Å²) < 4.78 is 15.9. The molecule has 0 aliphatic rings. The van der Waals surface area contributed by atoms with Gasteiger partial charge in [0.05, 0.1) is 6.61 Å². The standard InChI is InChI=1S/C20H22ClNO5/c1-2-11-25-17-5-3-4-6-18(17)26-14-20(24)27-13-19(23)22-12-15-7-9-16(21)10-8-15/h3-10H,2,11-14H2,1H3,(H,22,23). The van der Waals surface area contributed by atoms with E-state index >= 15 is 0 Å². The second-order valence-electron chi connectivity index (χ2n) is 5.65. The van der Waals surface area contributed by atoms with Crippen LogP contribution in [0.3, 0.4) is 0 Å². The van der Waals surface area contributed by atoms with E-state index in [1.165, 1.54) is 0 Å². The van der Waals surface area contributed by atoms with E-state index < -0.39 is 11.9 Å². The van der Waals surface area contributed by atoms with Gasteiger partial charge in [0.15, 0.2) is 24.7 Å². The van der Waals surface area contributed by atoms with Crippen LogP contribution in [-0.2, 0) is 20.9 Å². The molecule has 27 heavy (non-hydrogen) atoms. The number of nitrogens with one attached hydrogen (secondary N) is 1. The highest BCUT2D eigenvalue weighted by atomic mass is 35.5. The molecule has 0 saturated carbocycles. The average molecular weight is 392 g/mol. The van der Waals surface area contributed by atoms with Gasteiger partial charge in [0, 0.05) is 11.6 Å². The van der Waals surface area contributed by atoms with Crippen LogP contribution in [0.4, 0.5) is 0 Å². The Bertz CT molecular complexity index is 748. The van der Waals surface area contributed by atoms with E-state index in [1.807, 2.05) is 13.0 Å². The molecule has 0 aliphatic carbocycles. The second kappa shape index (κ2) is 11.1. The van der Waals surface area contributed by atoms with E-state index in [-0.39, 0.29) is 13.2 Å². The molecule has 0 aliphatic heterocycles. The van der Waals surface area contributed by atoms with E-state index in [0.717, 1.165) is 12.0 Å². The van der Waals surface area contributed by atoms with Gasteiger partial charge < -0.3 is 19.5 Å². The summed E-state index contributed by atoms with van der Waals surface area (Å²) in [5.41, 5.74) is 0.895. The van der Waals surface area contributed by atoms with Crippen LogP contribution in [0, 0.1) is 0 Å². The van der Waals surface area contributed by atoms with Crippen LogP contribution < -0.4 is 14.8 Å². The predicted molar refractivity (Wildman–Crippen MR) is 102 cm³/mol. The molecule has 0 saturated heterocycles. The number of ether oxygens (including phenoxy) is 3. The van der Waals surface area contributed by atoms with Crippen molar-refractivity contribution in [2.24, 2.45) is 0 Å². The quantitative estimate of drug-likeness (QED) is 0.628. The molecule has 6 nitrogen and oxygen atoms in total. The number of carbonyl (C=O) groups is 2. The number of benzene rings is 2. The van der Waals surface area contributed by atoms with Gasteiger partial charge >= 0.3 is 5.97 Å². The Morgan fingerprint density at radius 1 is 0.963 bits per heavy atom. The zero-order valence-corrected chi connectivity index (χ0v) is 15.8. The first-order valence-electron chi connectivity index (χ1n) is 8.60. The largest absolute Gasteiger partial charge is 0.490 e. The van der Waals surface area contributed by atoms with Gasteiger partial charge in [0.1, 0.15) is 0 Å². The van der Waals surface area contributed by atoms with E-state index in [0.29, 0.717) is 29.7 Å². The highest BCUT2D eigenvalue weighted by molar-refractivity contribution is 6.30. The van der Waals surface area contributed by atoms with E-state index in [2.05, 4.69) is 5.32 Å². The third-order valence-electron chi connectivity index (χ3n) is 3.42. The Kier molecular flexibility index (Phi) is 8.45. The number of halogens is 1. The van der Waals surface area contributed by atoms with E-state index in [4.69, 9.17) is 25.8 Å². The minimum Gasteiger partial charge on any atom is -0.490 e. The number of rotatable bonds is 10. The Hall–Kier alpha value is -2.73. The van der Waals surface area contributed by atoms with Crippen molar-refractivity contribution in [1.29, 1.82) is 0 Å². The maximum absolute atomic E-state index is 11.8. The third kappa shape index (κ3) is 7.58. The normalized spacial score (nSPS) is 10.1. The van der Waals surface area contributed by atoms with Crippen LogP contribution in [0.25, 0.3) is 0 Å². The molecule has 144 valence electrons. The average Bonchev–Trinajstić information content (AvgIpc) is 2.69. The minimum absolute atomic E-state index is 0.309. The number of hydrogen-bond donors (Lipinski definition) is 1. The Morgan fingerprint density at radius 2 is 1.63 bits per heavy atom. The lowest BCUT2D eigenvalue weighted by atomic mass is 10.2. The summed E-state index contributed by atoms with van der Waals surface area (Å²) in [5.74, 6) is -0.0186. The fraction of sp³-hybridized carbons (Fsp3) is 0.300. The summed E-state index contributed by atoms with van der Waals surface area (Å²) in [6.45, 7) is 2.20. The highest BCUT2D eigenvalue weighted by Gasteiger charge is 2.10. The molecule has 0 fully saturated rings. The summed E-state index contributed by atoms with van der Waals surface area (Å²) in [6, 6.07) is 14.2. The summed E-state index contributed by atoms with van der Waals surface area (Å²) in [5, 5.41) is 3.29. The molecule has 7 heteroatoms. The van der Waals surface area contributed by atoms with Gasteiger partial charge in [-0.3, -0.25) is 4.79 Å². The molecule has 0 unspecified atom stereocenters. The predicted octanol–water partition coefficient (Wildman–Crippen LogP) is 3.37. The molecule has 2 aromatic carbocycles. The number of esters is 1. The molecule has 0 aromatic heterocycles. The number of para-hydroxylation sites is 2. The second-order valence-corrected chi connectivity index (χ2v) is 6.08. The van der Waals surface area contributed by atoms with Crippen molar-refractivity contribution in [1.82, 2.24) is 5.32 Å². The minimum atomic E-state index is -0.637. The summed E-state index contributed by atoms with van der Waals surface area (Å²) in [4.78, 5) is 23.5. The highest BCUT2D eigenvalue weighted by Crippen LogP contribution is 2.26. The van der Waals surface area contributed by atoms with Gasteiger partial charge in [-0.15, -0.1) is 0 Å². The Labute approximate surface area is 163 Å². The maximum Gasteiger partial charge on any atom is 0.344 e. The number of hydrogen-bond acceptors (Lipinski definition) is 5. The van der Waals surface area contributed by atoms with Crippen molar-refractivity contribution in [3.8, 4) is 11.5 Å². The molecule has 2 rings (SSSR count). The van der Waals surface area contributed by atoms with Crippen LogP contribution in [0.1, 0.15) is 18.9 Å². The lowest BCUT2D eigenvalue weighted by Crippen LogP contribution is -2.29. The van der Waals surface area contributed by atoms with Gasteiger partial charge in [0.25, 0.3) is 5.91 Å². The molecule has 1 amide bonds. The van der Waals surface area contributed by atoms with Crippen molar-refractivity contribution in [3.05, 3.63) is 59.1 Å². The third-order valence-corrected chi connectivity index (χ3v) is 3.68. The Balaban J connectivity index is 1.70. The first-order valence-corrected chi connectivity index (χ1v) is 8.97. The van der Waals surface area contributed by atoms with Crippen molar-refractivity contribution >= 4 is 23.5 Å². The fourth-order valence-electron chi connectivity index (χ4n) is 2.08. The number of carbonyl (C=O) groups excluding carboxylic acids is 2. The van der Waals surface area contributed by atoms with Gasteiger partial charge in [-0.05, 0) is 36.2 Å². The molecular formula is C20H22ClNO5. The maximum atomic E-state index is 11.8. The van der Waals surface area contributed by atoms with Gasteiger partial charge in [-0.2, -0.15) is 0 Å². The van der Waals surface area contributed by atoms with Crippen molar-refractivity contribution in [2.75, 3.05) is 19.8 Å². The fourth-order valence-corrected chi connectivity index (χ4v) is 2.20. The first kappa shape index (κ1) is 20.6. The van der Waals surface area contributed by atoms with Gasteiger partial charge in [0.2, 0.25) is 0 Å². The van der Waals surface area contributed by atoms with Crippen LogP contribution in [0.5, 0.6) is 11.5 Å². The zero-order valence-electron chi connectivity index (χ0n) is 15.1. The van der Waals surface area contributed by atoms with Crippen LogP contribution in [0.2, 0.25) is 5.02 Å². The molecule has 0 atom stereocenters. The van der Waals surface area contributed by atoms with Crippen LogP contribution >= 0.6 is 11.6 Å². The molecular weight excluding hydrogens is 370 g/mol. The van der Waals surface area contributed by atoms with Crippen molar-refractivity contribution < 1.29 is 23.8 Å². The molecule has 0 heterocycles.